The summed E-state index contributed by atoms with van der Waals surface area (Å²) in [5.41, 5.74) is 2.37. The number of amides is 2. The maximum absolute atomic E-state index is 12.4. The third-order valence-corrected chi connectivity index (χ3v) is 4.62. The molecule has 0 saturated carbocycles. The van der Waals surface area contributed by atoms with Crippen LogP contribution in [0.4, 0.5) is 10.6 Å². The molecule has 1 saturated heterocycles. The number of benzene rings is 1. The Morgan fingerprint density at radius 2 is 1.81 bits per heavy atom. The number of nitrogens with zero attached hydrogens (tertiary/aromatic N) is 4. The summed E-state index contributed by atoms with van der Waals surface area (Å²) < 4.78 is 0. The Bertz CT molecular complexity index is 711. The zero-order valence-corrected chi connectivity index (χ0v) is 15.6. The molecular formula is C20H27N5O. The number of pyridine rings is 1. The Labute approximate surface area is 155 Å². The van der Waals surface area contributed by atoms with Crippen LogP contribution in [0.15, 0.2) is 48.7 Å². The van der Waals surface area contributed by atoms with Crippen LogP contribution in [0.1, 0.15) is 11.1 Å². The molecular weight excluding hydrogens is 326 g/mol. The summed E-state index contributed by atoms with van der Waals surface area (Å²) in [6.07, 6.45) is 1.78. The third-order valence-electron chi connectivity index (χ3n) is 4.62. The highest BCUT2D eigenvalue weighted by atomic mass is 16.2. The molecule has 26 heavy (non-hydrogen) atoms. The van der Waals surface area contributed by atoms with Gasteiger partial charge in [0.25, 0.3) is 0 Å². The van der Waals surface area contributed by atoms with Crippen molar-refractivity contribution < 1.29 is 4.79 Å². The van der Waals surface area contributed by atoms with Crippen LogP contribution in [-0.4, -0.2) is 61.1 Å². The molecule has 1 fully saturated rings. The van der Waals surface area contributed by atoms with E-state index >= 15 is 0 Å². The zero-order chi connectivity index (χ0) is 18.4. The molecule has 1 aromatic heterocycles. The van der Waals surface area contributed by atoms with Gasteiger partial charge in [-0.3, -0.25) is 4.90 Å². The first-order valence-corrected chi connectivity index (χ1v) is 9.03. The first-order chi connectivity index (χ1) is 12.6. The lowest BCUT2D eigenvalue weighted by atomic mass is 10.2. The number of piperazine rings is 1. The quantitative estimate of drug-likeness (QED) is 0.895. The molecule has 6 nitrogen and oxygen atoms in total. The normalized spacial score (nSPS) is 14.9. The molecule has 0 bridgehead atoms. The number of carbonyl (C=O) groups excluding carboxylic acids is 1. The van der Waals surface area contributed by atoms with E-state index in [0.29, 0.717) is 6.54 Å². The smallest absolute Gasteiger partial charge is 0.317 e. The van der Waals surface area contributed by atoms with E-state index in [1.165, 1.54) is 5.56 Å². The summed E-state index contributed by atoms with van der Waals surface area (Å²) in [7, 11) is 3.92. The average Bonchev–Trinajstić information content (AvgIpc) is 2.68. The second-order valence-corrected chi connectivity index (χ2v) is 6.82. The van der Waals surface area contributed by atoms with Crippen molar-refractivity contribution in [2.75, 3.05) is 45.2 Å². The first kappa shape index (κ1) is 18.2. The fourth-order valence-corrected chi connectivity index (χ4v) is 3.06. The number of anilines is 1. The monoisotopic (exact) mass is 353 g/mol. The van der Waals surface area contributed by atoms with Gasteiger partial charge in [-0.2, -0.15) is 0 Å². The van der Waals surface area contributed by atoms with Gasteiger partial charge in [0.15, 0.2) is 0 Å². The van der Waals surface area contributed by atoms with E-state index in [-0.39, 0.29) is 6.03 Å². The Balaban J connectivity index is 1.44. The maximum Gasteiger partial charge on any atom is 0.317 e. The SMILES string of the molecule is CN(C)c1cc(CNC(=O)N2CCN(Cc3ccccc3)CC2)ccn1. The molecule has 1 aliphatic heterocycles. The van der Waals surface area contributed by atoms with Gasteiger partial charge in [-0.1, -0.05) is 30.3 Å². The maximum atomic E-state index is 12.4. The average molecular weight is 353 g/mol. The Kier molecular flexibility index (Phi) is 6.07. The van der Waals surface area contributed by atoms with Crippen molar-refractivity contribution in [3.05, 3.63) is 59.8 Å². The molecule has 1 aromatic carbocycles. The summed E-state index contributed by atoms with van der Waals surface area (Å²) in [5.74, 6) is 0.895. The highest BCUT2D eigenvalue weighted by Gasteiger charge is 2.20. The van der Waals surface area contributed by atoms with E-state index in [9.17, 15) is 4.79 Å². The van der Waals surface area contributed by atoms with Crippen molar-refractivity contribution in [1.82, 2.24) is 20.1 Å². The molecule has 6 heteroatoms. The highest BCUT2D eigenvalue weighted by molar-refractivity contribution is 5.74. The van der Waals surface area contributed by atoms with Gasteiger partial charge in [0.1, 0.15) is 5.82 Å². The van der Waals surface area contributed by atoms with Crippen molar-refractivity contribution in [3.8, 4) is 0 Å². The standard InChI is InChI=1S/C20H27N5O/c1-23(2)19-14-18(8-9-21-19)15-22-20(26)25-12-10-24(11-13-25)16-17-6-4-3-5-7-17/h3-9,14H,10-13,15-16H2,1-2H3,(H,22,26). The summed E-state index contributed by atoms with van der Waals surface area (Å²) in [6, 6.07) is 14.4. The number of hydrogen-bond donors (Lipinski definition) is 1. The van der Waals surface area contributed by atoms with Gasteiger partial charge in [-0.05, 0) is 23.3 Å². The molecule has 2 heterocycles. The first-order valence-electron chi connectivity index (χ1n) is 9.03. The van der Waals surface area contributed by atoms with Crippen LogP contribution in [0.25, 0.3) is 0 Å². The molecule has 1 aliphatic rings. The minimum absolute atomic E-state index is 0.00702. The topological polar surface area (TPSA) is 51.7 Å². The third kappa shape index (κ3) is 4.95. The van der Waals surface area contributed by atoms with E-state index in [4.69, 9.17) is 0 Å². The fourth-order valence-electron chi connectivity index (χ4n) is 3.06. The van der Waals surface area contributed by atoms with Crippen molar-refractivity contribution in [2.45, 2.75) is 13.1 Å². The summed E-state index contributed by atoms with van der Waals surface area (Å²) in [4.78, 5) is 23.0. The van der Waals surface area contributed by atoms with Crippen molar-refractivity contribution in [3.63, 3.8) is 0 Å². The van der Waals surface area contributed by atoms with Gasteiger partial charge < -0.3 is 15.1 Å². The van der Waals surface area contributed by atoms with E-state index in [2.05, 4.69) is 39.5 Å². The van der Waals surface area contributed by atoms with E-state index in [1.54, 1.807) is 6.20 Å². The lowest BCUT2D eigenvalue weighted by Gasteiger charge is -2.34. The van der Waals surface area contributed by atoms with Gasteiger partial charge in [-0.15, -0.1) is 0 Å². The lowest BCUT2D eigenvalue weighted by molar-refractivity contribution is 0.135. The number of urea groups is 1. The predicted octanol–water partition coefficient (Wildman–Crippen LogP) is 2.17. The molecule has 1 N–H and O–H groups in total. The van der Waals surface area contributed by atoms with E-state index < -0.39 is 0 Å². The molecule has 0 spiro atoms. The van der Waals surface area contributed by atoms with Gasteiger partial charge >= 0.3 is 6.03 Å². The van der Waals surface area contributed by atoms with Crippen LogP contribution in [-0.2, 0) is 13.1 Å². The van der Waals surface area contributed by atoms with E-state index in [0.717, 1.165) is 44.1 Å². The highest BCUT2D eigenvalue weighted by Crippen LogP contribution is 2.11. The number of nitrogens with one attached hydrogen (secondary N) is 1. The molecule has 2 amide bonds. The zero-order valence-electron chi connectivity index (χ0n) is 15.6. The lowest BCUT2D eigenvalue weighted by Crippen LogP contribution is -2.51. The predicted molar refractivity (Wildman–Crippen MR) is 104 cm³/mol. The molecule has 3 rings (SSSR count). The molecule has 2 aromatic rings. The molecule has 0 atom stereocenters. The second kappa shape index (κ2) is 8.67. The van der Waals surface area contributed by atoms with Crippen LogP contribution in [0, 0.1) is 0 Å². The molecule has 0 unspecified atom stereocenters. The van der Waals surface area contributed by atoms with Gasteiger partial charge in [0.05, 0.1) is 0 Å². The Morgan fingerprint density at radius 3 is 2.50 bits per heavy atom. The summed E-state index contributed by atoms with van der Waals surface area (Å²) >= 11 is 0. The summed E-state index contributed by atoms with van der Waals surface area (Å²) in [6.45, 7) is 4.80. The van der Waals surface area contributed by atoms with Crippen LogP contribution in [0.2, 0.25) is 0 Å². The number of hydrogen-bond acceptors (Lipinski definition) is 4. The van der Waals surface area contributed by atoms with Crippen LogP contribution in [0.5, 0.6) is 0 Å². The van der Waals surface area contributed by atoms with Gasteiger partial charge in [-0.25, -0.2) is 9.78 Å². The van der Waals surface area contributed by atoms with Crippen LogP contribution < -0.4 is 10.2 Å². The van der Waals surface area contributed by atoms with Crippen molar-refractivity contribution in [2.24, 2.45) is 0 Å². The minimum Gasteiger partial charge on any atom is -0.363 e. The minimum atomic E-state index is 0.00702. The fraction of sp³-hybridized carbons (Fsp3) is 0.400. The summed E-state index contributed by atoms with van der Waals surface area (Å²) in [5, 5.41) is 3.02. The molecule has 0 aliphatic carbocycles. The second-order valence-electron chi connectivity index (χ2n) is 6.82. The van der Waals surface area contributed by atoms with E-state index in [1.807, 2.05) is 42.1 Å². The molecule has 138 valence electrons. The van der Waals surface area contributed by atoms with Gasteiger partial charge in [0.2, 0.25) is 0 Å². The number of carbonyl (C=O) groups is 1. The van der Waals surface area contributed by atoms with Crippen molar-refractivity contribution >= 4 is 11.8 Å². The van der Waals surface area contributed by atoms with Crippen LogP contribution in [0.3, 0.4) is 0 Å². The number of rotatable bonds is 5. The van der Waals surface area contributed by atoms with Crippen molar-refractivity contribution in [1.29, 1.82) is 0 Å². The molecule has 0 radical (unpaired) electrons. The Hall–Kier alpha value is -2.60. The largest absolute Gasteiger partial charge is 0.363 e. The van der Waals surface area contributed by atoms with Crippen LogP contribution >= 0.6 is 0 Å². The van der Waals surface area contributed by atoms with Gasteiger partial charge in [0, 0.05) is 59.6 Å². The Morgan fingerprint density at radius 1 is 1.08 bits per heavy atom. The number of aromatic nitrogens is 1.